The molecule has 0 spiro atoms. The van der Waals surface area contributed by atoms with Crippen molar-refractivity contribution in [3.63, 3.8) is 0 Å². The molecule has 35 nitrogen and oxygen atoms in total. The van der Waals surface area contributed by atoms with Gasteiger partial charge in [0.2, 0.25) is 53.2 Å². The highest BCUT2D eigenvalue weighted by molar-refractivity contribution is 7.98. The van der Waals surface area contributed by atoms with Gasteiger partial charge in [-0.1, -0.05) is 30.3 Å². The Balaban J connectivity index is 2.37. The first-order valence-electron chi connectivity index (χ1n) is 28.7. The SMILES string of the molecule is CSCC[C@H](NC(=O)[C@H](CCCN=C(N)N)NC(=O)[C@@H]1CCCN1C(=O)[C@@H](N)CCCN=C(N)N)C(=O)N[C@@H](CS)C(=O)N[C@@H](CO)C(=O)N[C@@H](CCCN=C(N)N)C(=O)N[C@@H](CCC(=O)O)C(=O)N[C@@H](CCC(=O)O)C(=O)N[C@@H](Cc1ccccc1)C(=O)O. The number of carbonyl (C=O) groups excluding carboxylic acids is 9. The van der Waals surface area contributed by atoms with Crippen molar-refractivity contribution in [2.24, 2.45) is 55.1 Å². The molecule has 9 amide bonds. The van der Waals surface area contributed by atoms with E-state index in [4.69, 9.17) is 40.1 Å². The molecule has 90 heavy (non-hydrogen) atoms. The second-order valence-corrected chi connectivity index (χ2v) is 22.0. The third-order valence-corrected chi connectivity index (χ3v) is 14.6. The minimum Gasteiger partial charge on any atom is -0.481 e. The van der Waals surface area contributed by atoms with E-state index in [-0.39, 0.29) is 101 Å². The summed E-state index contributed by atoms with van der Waals surface area (Å²) in [6.45, 7) is -0.750. The van der Waals surface area contributed by atoms with E-state index >= 15 is 0 Å². The molecule has 1 aromatic carbocycles. The Labute approximate surface area is 528 Å². The summed E-state index contributed by atoms with van der Waals surface area (Å²) < 4.78 is 0. The molecule has 1 aliphatic rings. The van der Waals surface area contributed by atoms with Gasteiger partial charge in [-0.15, -0.1) is 0 Å². The van der Waals surface area contributed by atoms with E-state index in [1.54, 1.807) is 36.6 Å². The zero-order valence-corrected chi connectivity index (χ0v) is 51.6. The number of nitrogens with one attached hydrogen (secondary N) is 8. The number of guanidine groups is 3. The number of thiol groups is 1. The van der Waals surface area contributed by atoms with E-state index in [0.717, 1.165) is 0 Å². The third-order valence-electron chi connectivity index (χ3n) is 13.6. The van der Waals surface area contributed by atoms with Gasteiger partial charge < -0.3 is 108 Å². The molecular formula is C53H87N19O16S2. The number of carboxylic acid groups (broad SMARTS) is 3. The van der Waals surface area contributed by atoms with Gasteiger partial charge in [0.15, 0.2) is 17.9 Å². The maximum absolute atomic E-state index is 14.1. The molecule has 502 valence electrons. The number of nitrogens with two attached hydrogens (primary N) is 7. The zero-order chi connectivity index (χ0) is 67.5. The first-order chi connectivity index (χ1) is 42.6. The standard InChI is InChI=1S/C53H87N19O16S2/c1-90-24-19-34(67-42(79)31(13-7-22-63-53(59)60)68-48(85)38-14-8-23-72(38)49(86)29(54)11-5-20-61-51(55)56)45(82)71-37(27-89)47(84)70-36(26-73)46(83)64-30(12-6-21-62-52(57)58)41(78)65-32(15-17-39(74)75)43(80)66-33(16-18-40(76)77)44(81)69-35(50(87)88)25-28-9-3-2-4-10-28/h2-4,9-10,29-38,73,89H,5-8,11-27,54H2,1H3,(H,64,83)(H,65,78)(H,66,80)(H,67,79)(H,68,85)(H,69,81)(H,70,84)(H,71,82)(H,74,75)(H,76,77)(H,87,88)(H4,55,56,61)(H4,57,58,62)(H4,59,60,63)/t29-,30-,31-,32-,33-,34-,35-,36-,37-,38-/m0/s1. The lowest BCUT2D eigenvalue weighted by molar-refractivity contribution is -0.143. The maximum atomic E-state index is 14.1. The van der Waals surface area contributed by atoms with Gasteiger partial charge in [-0.25, -0.2) is 4.79 Å². The summed E-state index contributed by atoms with van der Waals surface area (Å²) in [7, 11) is 0. The molecule has 0 unspecified atom stereocenters. The molecular weight excluding hydrogens is 1220 g/mol. The number of rotatable bonds is 43. The quantitative estimate of drug-likeness (QED) is 0.0125. The monoisotopic (exact) mass is 1310 g/mol. The lowest BCUT2D eigenvalue weighted by Gasteiger charge is -2.29. The third kappa shape index (κ3) is 29.5. The first-order valence-corrected chi connectivity index (χ1v) is 30.7. The Morgan fingerprint density at radius 3 is 1.37 bits per heavy atom. The van der Waals surface area contributed by atoms with Gasteiger partial charge >= 0.3 is 17.9 Å². The van der Waals surface area contributed by atoms with Crippen molar-refractivity contribution in [2.75, 3.05) is 50.5 Å². The van der Waals surface area contributed by atoms with Gasteiger partial charge in [-0.2, -0.15) is 24.4 Å². The smallest absolute Gasteiger partial charge is 0.326 e. The van der Waals surface area contributed by atoms with Crippen LogP contribution >= 0.6 is 24.4 Å². The van der Waals surface area contributed by atoms with Crippen molar-refractivity contribution in [3.8, 4) is 0 Å². The first kappa shape index (κ1) is 77.4. The van der Waals surface area contributed by atoms with Crippen LogP contribution in [0.4, 0.5) is 0 Å². The second kappa shape index (κ2) is 41.5. The number of carboxylic acids is 3. The highest BCUT2D eigenvalue weighted by atomic mass is 32.2. The number of hydrogen-bond acceptors (Lipinski definition) is 19. The van der Waals surface area contributed by atoms with Gasteiger partial charge in [0.1, 0.15) is 54.4 Å². The number of thioether (sulfide) groups is 1. The lowest BCUT2D eigenvalue weighted by atomic mass is 10.0. The molecule has 10 atom stereocenters. The van der Waals surface area contributed by atoms with E-state index in [1.807, 2.05) is 0 Å². The van der Waals surface area contributed by atoms with Gasteiger partial charge in [0.25, 0.3) is 0 Å². The van der Waals surface area contributed by atoms with Crippen molar-refractivity contribution >= 4 is 113 Å². The summed E-state index contributed by atoms with van der Waals surface area (Å²) in [6.07, 6.45) is -0.153. The molecule has 1 saturated heterocycles. The number of aliphatic hydroxyl groups is 1. The molecule has 0 saturated carbocycles. The van der Waals surface area contributed by atoms with Gasteiger partial charge in [0, 0.05) is 51.2 Å². The van der Waals surface area contributed by atoms with Gasteiger partial charge in [-0.05, 0) is 88.2 Å². The summed E-state index contributed by atoms with van der Waals surface area (Å²) in [5.74, 6) is -13.8. The summed E-state index contributed by atoms with van der Waals surface area (Å²) in [6, 6.07) is -6.74. The molecule has 0 aromatic heterocycles. The molecule has 0 radical (unpaired) electrons. The normalized spacial score (nSPS) is 15.6. The fraction of sp³-hybridized carbons (Fsp3) is 0.604. The molecule has 26 N–H and O–H groups in total. The van der Waals surface area contributed by atoms with Crippen LogP contribution in [0.5, 0.6) is 0 Å². The average molecular weight is 1310 g/mol. The number of hydrogen-bond donors (Lipinski definition) is 20. The van der Waals surface area contributed by atoms with Crippen molar-refractivity contribution in [2.45, 2.75) is 150 Å². The van der Waals surface area contributed by atoms with E-state index in [0.29, 0.717) is 18.4 Å². The predicted octanol–water partition coefficient (Wildman–Crippen LogP) is -6.92. The Bertz CT molecular complexity index is 2680. The molecule has 0 aliphatic carbocycles. The summed E-state index contributed by atoms with van der Waals surface area (Å²) >= 11 is 5.52. The van der Waals surface area contributed by atoms with Crippen LogP contribution in [0.3, 0.4) is 0 Å². The van der Waals surface area contributed by atoms with E-state index in [2.05, 4.69) is 70.1 Å². The van der Waals surface area contributed by atoms with Gasteiger partial charge in [-0.3, -0.25) is 67.7 Å². The molecule has 2 rings (SSSR count). The molecule has 1 heterocycles. The predicted molar refractivity (Wildman–Crippen MR) is 333 cm³/mol. The average Bonchev–Trinajstić information content (AvgIpc) is 2.39. The Morgan fingerprint density at radius 1 is 0.556 bits per heavy atom. The van der Waals surface area contributed by atoms with E-state index in [1.165, 1.54) is 16.7 Å². The molecule has 1 aromatic rings. The van der Waals surface area contributed by atoms with E-state index in [9.17, 15) is 78.0 Å². The fourth-order valence-corrected chi connectivity index (χ4v) is 9.62. The number of amides is 9. The number of aliphatic imine (C=N–C) groups is 3. The van der Waals surface area contributed by atoms with Crippen LogP contribution in [0, 0.1) is 0 Å². The van der Waals surface area contributed by atoms with Crippen LogP contribution in [0.2, 0.25) is 0 Å². The molecule has 37 heteroatoms. The van der Waals surface area contributed by atoms with Crippen LogP contribution in [-0.4, -0.2) is 225 Å². The van der Waals surface area contributed by atoms with Crippen LogP contribution in [0.25, 0.3) is 0 Å². The Hall–Kier alpha value is -8.71. The minimum atomic E-state index is -1.87. The zero-order valence-electron chi connectivity index (χ0n) is 49.9. The molecule has 0 bridgehead atoms. The highest BCUT2D eigenvalue weighted by Crippen LogP contribution is 2.20. The summed E-state index contributed by atoms with van der Waals surface area (Å²) in [4.78, 5) is 173. The van der Waals surface area contributed by atoms with Crippen molar-refractivity contribution in [3.05, 3.63) is 35.9 Å². The van der Waals surface area contributed by atoms with Crippen molar-refractivity contribution in [1.29, 1.82) is 0 Å². The topological polar surface area (TPSA) is 604 Å². The number of aliphatic hydroxyl groups excluding tert-OH is 1. The van der Waals surface area contributed by atoms with E-state index < -0.39 is 170 Å². The Kier molecular flexibility index (Phi) is 35.7. The van der Waals surface area contributed by atoms with Crippen LogP contribution < -0.4 is 82.7 Å². The molecule has 1 aliphatic heterocycles. The minimum absolute atomic E-state index is 0.0174. The summed E-state index contributed by atoms with van der Waals surface area (Å²) in [5, 5.41) is 58.7. The van der Waals surface area contributed by atoms with Crippen LogP contribution in [0.1, 0.15) is 89.0 Å². The summed E-state index contributed by atoms with van der Waals surface area (Å²) in [5.41, 5.74) is 39.4. The Morgan fingerprint density at radius 2 is 0.944 bits per heavy atom. The number of likely N-dealkylation sites (tertiary alicyclic amines) is 1. The van der Waals surface area contributed by atoms with Crippen molar-refractivity contribution in [1.82, 2.24) is 47.4 Å². The largest absolute Gasteiger partial charge is 0.481 e. The second-order valence-electron chi connectivity index (χ2n) is 20.7. The van der Waals surface area contributed by atoms with Crippen molar-refractivity contribution < 1.29 is 78.0 Å². The van der Waals surface area contributed by atoms with Gasteiger partial charge in [0.05, 0.1) is 12.6 Å². The number of nitrogens with zero attached hydrogens (tertiary/aromatic N) is 4. The number of benzene rings is 1. The van der Waals surface area contributed by atoms with Crippen LogP contribution in [-0.2, 0) is 64.0 Å². The fourth-order valence-electron chi connectivity index (χ4n) is 8.89. The lowest BCUT2D eigenvalue weighted by Crippen LogP contribution is -2.61. The number of carbonyl (C=O) groups is 12. The maximum Gasteiger partial charge on any atom is 0.326 e. The highest BCUT2D eigenvalue weighted by Gasteiger charge is 2.39. The molecule has 1 fully saturated rings. The number of aliphatic carboxylic acids is 3. The van der Waals surface area contributed by atoms with Crippen LogP contribution in [0.15, 0.2) is 45.3 Å².